The van der Waals surface area contributed by atoms with E-state index in [0.717, 1.165) is 34.9 Å². The van der Waals surface area contributed by atoms with Crippen LogP contribution in [0.25, 0.3) is 10.1 Å². The second kappa shape index (κ2) is 8.05. The van der Waals surface area contributed by atoms with Crippen LogP contribution in [0.5, 0.6) is 0 Å². The molecule has 142 valence electrons. The van der Waals surface area contributed by atoms with E-state index in [1.807, 2.05) is 36.4 Å². The van der Waals surface area contributed by atoms with Crippen LogP contribution in [0, 0.1) is 5.92 Å². The van der Waals surface area contributed by atoms with E-state index in [4.69, 9.17) is 16.0 Å². The second-order valence-corrected chi connectivity index (χ2v) is 8.63. The second-order valence-electron chi connectivity index (χ2n) is 7.20. The normalized spacial score (nSPS) is 17.3. The number of halogens is 1. The Balaban J connectivity index is 1.50. The van der Waals surface area contributed by atoms with Gasteiger partial charge in [0, 0.05) is 16.6 Å². The summed E-state index contributed by atoms with van der Waals surface area (Å²) in [5, 5.41) is 4.55. The van der Waals surface area contributed by atoms with Gasteiger partial charge in [-0.25, -0.2) is 0 Å². The molecule has 0 spiro atoms. The maximum atomic E-state index is 12.8. The van der Waals surface area contributed by atoms with E-state index < -0.39 is 0 Å². The number of furan rings is 1. The minimum Gasteiger partial charge on any atom is -0.468 e. The zero-order valence-electron chi connectivity index (χ0n) is 15.3. The van der Waals surface area contributed by atoms with Crippen LogP contribution in [0.2, 0.25) is 5.02 Å². The number of hydrogen-bond acceptors (Lipinski definition) is 4. The van der Waals surface area contributed by atoms with Crippen LogP contribution in [-0.4, -0.2) is 30.4 Å². The summed E-state index contributed by atoms with van der Waals surface area (Å²) in [6.07, 6.45) is 4.04. The highest BCUT2D eigenvalue weighted by Crippen LogP contribution is 2.35. The van der Waals surface area contributed by atoms with Crippen molar-refractivity contribution in [3.05, 3.63) is 58.3 Å². The Bertz CT molecular complexity index is 914. The van der Waals surface area contributed by atoms with E-state index in [-0.39, 0.29) is 11.9 Å². The number of piperidine rings is 1. The SMILES string of the molecule is CC1CCN(C(CNC(=O)c2sc3ccccc3c2Cl)c2ccco2)CC1. The van der Waals surface area contributed by atoms with Gasteiger partial charge in [-0.15, -0.1) is 11.3 Å². The summed E-state index contributed by atoms with van der Waals surface area (Å²) in [6.45, 7) is 4.84. The fraction of sp³-hybridized carbons (Fsp3) is 0.381. The van der Waals surface area contributed by atoms with E-state index in [1.165, 1.54) is 24.2 Å². The van der Waals surface area contributed by atoms with Crippen LogP contribution in [0.1, 0.15) is 41.2 Å². The highest BCUT2D eigenvalue weighted by atomic mass is 35.5. The highest BCUT2D eigenvalue weighted by molar-refractivity contribution is 7.21. The van der Waals surface area contributed by atoms with Crippen molar-refractivity contribution in [3.63, 3.8) is 0 Å². The average molecular weight is 403 g/mol. The quantitative estimate of drug-likeness (QED) is 0.625. The number of likely N-dealkylation sites (tertiary alicyclic amines) is 1. The van der Waals surface area contributed by atoms with Crippen LogP contribution < -0.4 is 5.32 Å². The first-order chi connectivity index (χ1) is 13.1. The van der Waals surface area contributed by atoms with Gasteiger partial charge in [-0.05, 0) is 50.0 Å². The Morgan fingerprint density at radius 2 is 2.07 bits per heavy atom. The van der Waals surface area contributed by atoms with Crippen LogP contribution >= 0.6 is 22.9 Å². The third-order valence-corrected chi connectivity index (χ3v) is 7.00. The summed E-state index contributed by atoms with van der Waals surface area (Å²) in [5.74, 6) is 1.53. The molecule has 1 aliphatic rings. The lowest BCUT2D eigenvalue weighted by Gasteiger charge is -2.35. The van der Waals surface area contributed by atoms with Crippen molar-refractivity contribution < 1.29 is 9.21 Å². The number of fused-ring (bicyclic) bond motifs is 1. The summed E-state index contributed by atoms with van der Waals surface area (Å²) in [4.78, 5) is 15.8. The molecular weight excluding hydrogens is 380 g/mol. The number of rotatable bonds is 5. The topological polar surface area (TPSA) is 45.5 Å². The van der Waals surface area contributed by atoms with Crippen molar-refractivity contribution in [2.24, 2.45) is 5.92 Å². The summed E-state index contributed by atoms with van der Waals surface area (Å²) in [5.41, 5.74) is 0. The molecule has 1 amide bonds. The Labute approximate surface area is 168 Å². The van der Waals surface area contributed by atoms with Gasteiger partial charge in [-0.3, -0.25) is 9.69 Å². The number of benzene rings is 1. The first-order valence-corrected chi connectivity index (χ1v) is 10.6. The fourth-order valence-electron chi connectivity index (χ4n) is 3.66. The predicted octanol–water partition coefficient (Wildman–Crippen LogP) is 5.35. The molecule has 1 fully saturated rings. The van der Waals surface area contributed by atoms with Gasteiger partial charge in [0.15, 0.2) is 0 Å². The maximum Gasteiger partial charge on any atom is 0.263 e. The molecule has 1 saturated heterocycles. The smallest absolute Gasteiger partial charge is 0.263 e. The minimum atomic E-state index is -0.122. The molecule has 1 N–H and O–H groups in total. The number of thiophene rings is 1. The molecule has 0 radical (unpaired) electrons. The maximum absolute atomic E-state index is 12.8. The third-order valence-electron chi connectivity index (χ3n) is 5.33. The molecule has 4 rings (SSSR count). The lowest BCUT2D eigenvalue weighted by Crippen LogP contribution is -2.41. The van der Waals surface area contributed by atoms with Crippen molar-refractivity contribution in [2.75, 3.05) is 19.6 Å². The Morgan fingerprint density at radius 1 is 1.30 bits per heavy atom. The Hall–Kier alpha value is -1.82. The molecule has 3 aromatic rings. The zero-order valence-corrected chi connectivity index (χ0v) is 16.9. The first-order valence-electron chi connectivity index (χ1n) is 9.36. The molecule has 3 heterocycles. The number of hydrogen-bond donors (Lipinski definition) is 1. The summed E-state index contributed by atoms with van der Waals surface area (Å²) < 4.78 is 6.70. The number of nitrogens with one attached hydrogen (secondary N) is 1. The molecule has 1 aliphatic heterocycles. The number of carbonyl (C=O) groups excluding carboxylic acids is 1. The highest BCUT2D eigenvalue weighted by Gasteiger charge is 2.27. The van der Waals surface area contributed by atoms with Gasteiger partial charge in [0.1, 0.15) is 10.6 Å². The number of nitrogens with zero attached hydrogens (tertiary/aromatic N) is 1. The molecule has 1 unspecified atom stereocenters. The van der Waals surface area contributed by atoms with Crippen LogP contribution in [-0.2, 0) is 0 Å². The first kappa shape index (κ1) is 18.5. The van der Waals surface area contributed by atoms with Gasteiger partial charge >= 0.3 is 0 Å². The van der Waals surface area contributed by atoms with E-state index in [0.29, 0.717) is 16.4 Å². The molecule has 0 saturated carbocycles. The van der Waals surface area contributed by atoms with Crippen molar-refractivity contribution in [3.8, 4) is 0 Å². The van der Waals surface area contributed by atoms with Gasteiger partial charge < -0.3 is 9.73 Å². The molecule has 0 aliphatic carbocycles. The average Bonchev–Trinajstić information content (AvgIpc) is 3.32. The van der Waals surface area contributed by atoms with E-state index in [1.54, 1.807) is 6.26 Å². The van der Waals surface area contributed by atoms with Crippen molar-refractivity contribution in [2.45, 2.75) is 25.8 Å². The van der Waals surface area contributed by atoms with Crippen molar-refractivity contribution >= 4 is 38.9 Å². The Morgan fingerprint density at radius 3 is 2.78 bits per heavy atom. The predicted molar refractivity (Wildman–Crippen MR) is 111 cm³/mol. The number of amides is 1. The van der Waals surface area contributed by atoms with Crippen molar-refractivity contribution in [1.29, 1.82) is 0 Å². The van der Waals surface area contributed by atoms with Gasteiger partial charge in [-0.1, -0.05) is 36.7 Å². The molecule has 27 heavy (non-hydrogen) atoms. The molecular formula is C21H23ClN2O2S. The molecule has 1 aromatic carbocycles. The van der Waals surface area contributed by atoms with Crippen LogP contribution in [0.4, 0.5) is 0 Å². The summed E-state index contributed by atoms with van der Waals surface area (Å²) >= 11 is 7.89. The molecule has 1 atom stereocenters. The van der Waals surface area contributed by atoms with E-state index >= 15 is 0 Å². The van der Waals surface area contributed by atoms with Crippen molar-refractivity contribution in [1.82, 2.24) is 10.2 Å². The molecule has 0 bridgehead atoms. The van der Waals surface area contributed by atoms with Gasteiger partial charge in [0.25, 0.3) is 5.91 Å². The van der Waals surface area contributed by atoms with Crippen LogP contribution in [0.15, 0.2) is 47.1 Å². The molecule has 4 nitrogen and oxygen atoms in total. The standard InChI is InChI=1S/C21H23ClN2O2S/c1-14-8-10-24(11-9-14)16(17-6-4-12-26-17)13-23-21(25)20-19(22)15-5-2-3-7-18(15)27-20/h2-7,12,14,16H,8-11,13H2,1H3,(H,23,25). The van der Waals surface area contributed by atoms with Gasteiger partial charge in [0.2, 0.25) is 0 Å². The minimum absolute atomic E-state index is 0.0459. The zero-order chi connectivity index (χ0) is 18.8. The lowest BCUT2D eigenvalue weighted by molar-refractivity contribution is 0.0899. The number of carbonyl (C=O) groups is 1. The summed E-state index contributed by atoms with van der Waals surface area (Å²) in [6, 6.07) is 11.8. The van der Waals surface area contributed by atoms with Crippen LogP contribution in [0.3, 0.4) is 0 Å². The monoisotopic (exact) mass is 402 g/mol. The van der Waals surface area contributed by atoms with Gasteiger partial charge in [0.05, 0.1) is 17.3 Å². The van der Waals surface area contributed by atoms with Gasteiger partial charge in [-0.2, -0.15) is 0 Å². The largest absolute Gasteiger partial charge is 0.468 e. The third kappa shape index (κ3) is 3.91. The molecule has 2 aromatic heterocycles. The lowest BCUT2D eigenvalue weighted by atomic mass is 9.97. The fourth-order valence-corrected chi connectivity index (χ4v) is 5.09. The summed E-state index contributed by atoms with van der Waals surface area (Å²) in [7, 11) is 0. The van der Waals surface area contributed by atoms with E-state index in [9.17, 15) is 4.79 Å². The Kier molecular flexibility index (Phi) is 5.53. The van der Waals surface area contributed by atoms with E-state index in [2.05, 4.69) is 17.1 Å². The molecule has 6 heteroatoms.